The van der Waals surface area contributed by atoms with E-state index >= 15 is 0 Å². The molecule has 1 aromatic heterocycles. The molecule has 1 aromatic carbocycles. The molecule has 84 valence electrons. The van der Waals surface area contributed by atoms with Crippen molar-refractivity contribution in [1.29, 1.82) is 0 Å². The van der Waals surface area contributed by atoms with E-state index in [-0.39, 0.29) is 0 Å². The minimum absolute atomic E-state index is 0.780. The van der Waals surface area contributed by atoms with Gasteiger partial charge < -0.3 is 5.32 Å². The number of unbranched alkanes of at least 4 members (excludes halogenated alkanes) is 1. The van der Waals surface area contributed by atoms with Gasteiger partial charge in [-0.15, -0.1) is 10.2 Å². The lowest BCUT2D eigenvalue weighted by Gasteiger charge is -2.09. The Balaban J connectivity index is 2.37. The van der Waals surface area contributed by atoms with Crippen molar-refractivity contribution in [3.8, 4) is 0 Å². The van der Waals surface area contributed by atoms with Crippen LogP contribution in [0.3, 0.4) is 0 Å². The van der Waals surface area contributed by atoms with Crippen molar-refractivity contribution in [2.24, 2.45) is 0 Å². The Bertz CT molecular complexity index is 485. The summed E-state index contributed by atoms with van der Waals surface area (Å²) in [6, 6.07) is 8.02. The molecule has 0 amide bonds. The normalized spacial score (nSPS) is 10.6. The Labute approximate surface area is 103 Å². The van der Waals surface area contributed by atoms with Gasteiger partial charge in [0.2, 0.25) is 0 Å². The summed E-state index contributed by atoms with van der Waals surface area (Å²) in [6.45, 7) is 3.14. The lowest BCUT2D eigenvalue weighted by molar-refractivity contribution is 0.833. The molecule has 0 atom stereocenters. The smallest absolute Gasteiger partial charge is 0.152 e. The minimum Gasteiger partial charge on any atom is -0.382 e. The van der Waals surface area contributed by atoms with Crippen LogP contribution < -0.4 is 5.32 Å². The first-order valence-electron chi connectivity index (χ1n) is 5.47. The van der Waals surface area contributed by atoms with Gasteiger partial charge in [0.15, 0.2) is 4.60 Å². The van der Waals surface area contributed by atoms with E-state index in [2.05, 4.69) is 44.4 Å². The van der Waals surface area contributed by atoms with E-state index < -0.39 is 0 Å². The quantitative estimate of drug-likeness (QED) is 0.869. The maximum atomic E-state index is 4.13. The van der Waals surface area contributed by atoms with E-state index in [1.165, 1.54) is 6.42 Å². The second kappa shape index (κ2) is 5.25. The molecule has 0 unspecified atom stereocenters. The highest BCUT2D eigenvalue weighted by Gasteiger charge is 2.06. The van der Waals surface area contributed by atoms with E-state index in [0.29, 0.717) is 0 Å². The molecule has 0 bridgehead atoms. The zero-order chi connectivity index (χ0) is 11.4. The number of anilines is 1. The molecule has 0 aliphatic rings. The molecule has 4 heteroatoms. The van der Waals surface area contributed by atoms with Crippen LogP contribution in [0.1, 0.15) is 19.8 Å². The zero-order valence-corrected chi connectivity index (χ0v) is 10.8. The summed E-state index contributed by atoms with van der Waals surface area (Å²) in [5, 5.41) is 12.7. The number of nitrogens with zero attached hydrogens (tertiary/aromatic N) is 2. The summed E-state index contributed by atoms with van der Waals surface area (Å²) < 4.78 is 0.780. The molecule has 0 fully saturated rings. The van der Waals surface area contributed by atoms with Crippen LogP contribution in [0.4, 0.5) is 5.69 Å². The van der Waals surface area contributed by atoms with Gasteiger partial charge in [-0.25, -0.2) is 0 Å². The summed E-state index contributed by atoms with van der Waals surface area (Å²) in [7, 11) is 0. The predicted molar refractivity (Wildman–Crippen MR) is 70.6 cm³/mol. The van der Waals surface area contributed by atoms with Crippen LogP contribution in [-0.4, -0.2) is 16.7 Å². The molecular weight excluding hydrogens is 266 g/mol. The number of rotatable bonds is 4. The molecule has 0 radical (unpaired) electrons. The number of benzene rings is 1. The van der Waals surface area contributed by atoms with E-state index in [0.717, 1.165) is 34.2 Å². The fourth-order valence-corrected chi connectivity index (χ4v) is 2.02. The highest BCUT2D eigenvalue weighted by atomic mass is 79.9. The van der Waals surface area contributed by atoms with Gasteiger partial charge in [0.1, 0.15) is 0 Å². The molecule has 2 aromatic rings. The topological polar surface area (TPSA) is 37.8 Å². The van der Waals surface area contributed by atoms with Crippen molar-refractivity contribution in [2.75, 3.05) is 11.9 Å². The first-order valence-corrected chi connectivity index (χ1v) is 6.27. The van der Waals surface area contributed by atoms with Gasteiger partial charge in [0.05, 0.1) is 11.2 Å². The summed E-state index contributed by atoms with van der Waals surface area (Å²) in [4.78, 5) is 0. The Kier molecular flexibility index (Phi) is 3.72. The summed E-state index contributed by atoms with van der Waals surface area (Å²) in [5.74, 6) is 0. The standard InChI is InChI=1S/C12H14BrN3/c1-2-3-8-14-11-9-6-4-5-7-10(9)15-16-12(11)13/h4-7H,2-3,8H2,1H3,(H,14,15). The lowest BCUT2D eigenvalue weighted by Crippen LogP contribution is -2.04. The van der Waals surface area contributed by atoms with Crippen molar-refractivity contribution < 1.29 is 0 Å². The number of nitrogens with one attached hydrogen (secondary N) is 1. The predicted octanol–water partition coefficient (Wildman–Crippen LogP) is 3.60. The van der Waals surface area contributed by atoms with Crippen LogP contribution in [0.15, 0.2) is 28.9 Å². The average Bonchev–Trinajstić information content (AvgIpc) is 2.32. The molecule has 1 heterocycles. The summed E-state index contributed by atoms with van der Waals surface area (Å²) >= 11 is 3.43. The second-order valence-corrected chi connectivity index (χ2v) is 4.41. The van der Waals surface area contributed by atoms with Crippen LogP contribution in [0.25, 0.3) is 10.9 Å². The molecule has 0 aliphatic heterocycles. The number of fused-ring (bicyclic) bond motifs is 1. The third-order valence-electron chi connectivity index (χ3n) is 2.46. The molecular formula is C12H14BrN3. The Morgan fingerprint density at radius 2 is 2.06 bits per heavy atom. The van der Waals surface area contributed by atoms with E-state index in [1.807, 2.05) is 18.2 Å². The maximum absolute atomic E-state index is 4.13. The molecule has 0 spiro atoms. The Morgan fingerprint density at radius 1 is 1.25 bits per heavy atom. The SMILES string of the molecule is CCCCNc1c(Br)nnc2ccccc12. The zero-order valence-electron chi connectivity index (χ0n) is 9.20. The third-order valence-corrected chi connectivity index (χ3v) is 3.01. The van der Waals surface area contributed by atoms with Crippen molar-refractivity contribution in [2.45, 2.75) is 19.8 Å². The monoisotopic (exact) mass is 279 g/mol. The number of hydrogen-bond donors (Lipinski definition) is 1. The van der Waals surface area contributed by atoms with Gasteiger partial charge in [0, 0.05) is 11.9 Å². The Hall–Kier alpha value is -1.16. The molecule has 1 N–H and O–H groups in total. The fourth-order valence-electron chi connectivity index (χ4n) is 1.59. The first-order chi connectivity index (χ1) is 7.83. The van der Waals surface area contributed by atoms with Crippen molar-refractivity contribution in [3.63, 3.8) is 0 Å². The average molecular weight is 280 g/mol. The van der Waals surface area contributed by atoms with Gasteiger partial charge in [-0.2, -0.15) is 0 Å². The molecule has 0 saturated heterocycles. The van der Waals surface area contributed by atoms with Crippen LogP contribution in [0.2, 0.25) is 0 Å². The van der Waals surface area contributed by atoms with Crippen LogP contribution >= 0.6 is 15.9 Å². The Morgan fingerprint density at radius 3 is 2.88 bits per heavy atom. The van der Waals surface area contributed by atoms with Crippen LogP contribution in [-0.2, 0) is 0 Å². The van der Waals surface area contributed by atoms with E-state index in [1.54, 1.807) is 0 Å². The second-order valence-electron chi connectivity index (χ2n) is 3.66. The van der Waals surface area contributed by atoms with Crippen molar-refractivity contribution in [3.05, 3.63) is 28.9 Å². The van der Waals surface area contributed by atoms with Crippen molar-refractivity contribution in [1.82, 2.24) is 10.2 Å². The molecule has 3 nitrogen and oxygen atoms in total. The van der Waals surface area contributed by atoms with Gasteiger partial charge >= 0.3 is 0 Å². The van der Waals surface area contributed by atoms with Gasteiger partial charge in [0.25, 0.3) is 0 Å². The lowest BCUT2D eigenvalue weighted by atomic mass is 10.2. The van der Waals surface area contributed by atoms with Gasteiger partial charge in [-0.05, 0) is 28.4 Å². The molecule has 16 heavy (non-hydrogen) atoms. The number of hydrogen-bond acceptors (Lipinski definition) is 3. The largest absolute Gasteiger partial charge is 0.382 e. The molecule has 0 aliphatic carbocycles. The fraction of sp³-hybridized carbons (Fsp3) is 0.333. The van der Waals surface area contributed by atoms with Gasteiger partial charge in [-0.1, -0.05) is 31.5 Å². The number of halogens is 1. The highest BCUT2D eigenvalue weighted by Crippen LogP contribution is 2.27. The van der Waals surface area contributed by atoms with Gasteiger partial charge in [-0.3, -0.25) is 0 Å². The number of aromatic nitrogens is 2. The van der Waals surface area contributed by atoms with E-state index in [4.69, 9.17) is 0 Å². The third kappa shape index (κ3) is 2.32. The van der Waals surface area contributed by atoms with Crippen LogP contribution in [0, 0.1) is 0 Å². The minimum atomic E-state index is 0.780. The van der Waals surface area contributed by atoms with Crippen molar-refractivity contribution >= 4 is 32.5 Å². The molecule has 0 saturated carbocycles. The highest BCUT2D eigenvalue weighted by molar-refractivity contribution is 9.10. The molecule has 2 rings (SSSR count). The summed E-state index contributed by atoms with van der Waals surface area (Å²) in [6.07, 6.45) is 2.34. The summed E-state index contributed by atoms with van der Waals surface area (Å²) in [5.41, 5.74) is 1.96. The van der Waals surface area contributed by atoms with Crippen LogP contribution in [0.5, 0.6) is 0 Å². The first kappa shape index (κ1) is 11.3. The maximum Gasteiger partial charge on any atom is 0.152 e. The van der Waals surface area contributed by atoms with E-state index in [9.17, 15) is 0 Å².